The van der Waals surface area contributed by atoms with E-state index in [2.05, 4.69) is 18.3 Å². The monoisotopic (exact) mass is 317 g/mol. The molecule has 2 atom stereocenters. The van der Waals surface area contributed by atoms with Gasteiger partial charge in [-0.05, 0) is 24.1 Å². The normalized spacial score (nSPS) is 17.8. The maximum Gasteiger partial charge on any atom is 0.249 e. The van der Waals surface area contributed by atoms with Crippen LogP contribution in [0.1, 0.15) is 37.0 Å². The first kappa shape index (κ1) is 15.9. The van der Waals surface area contributed by atoms with Crippen molar-refractivity contribution in [2.45, 2.75) is 26.3 Å². The van der Waals surface area contributed by atoms with Gasteiger partial charge in [0.2, 0.25) is 5.91 Å². The lowest BCUT2D eigenvalue weighted by atomic mass is 9.97. The predicted octanol–water partition coefficient (Wildman–Crippen LogP) is 3.76. The van der Waals surface area contributed by atoms with E-state index in [9.17, 15) is 10.1 Å². The minimum absolute atomic E-state index is 0.0961. The first-order chi connectivity index (χ1) is 11.6. The van der Waals surface area contributed by atoms with Crippen molar-refractivity contribution in [2.75, 3.05) is 5.32 Å². The highest BCUT2D eigenvalue weighted by molar-refractivity contribution is 6.19. The smallest absolute Gasteiger partial charge is 0.249 e. The topological polar surface area (TPSA) is 65.2 Å². The Morgan fingerprint density at radius 3 is 2.67 bits per heavy atom. The van der Waals surface area contributed by atoms with Gasteiger partial charge in [0.05, 0.1) is 23.0 Å². The van der Waals surface area contributed by atoms with Gasteiger partial charge in [0.25, 0.3) is 0 Å². The highest BCUT2D eigenvalue weighted by Crippen LogP contribution is 2.27. The Bertz CT molecular complexity index is 834. The summed E-state index contributed by atoms with van der Waals surface area (Å²) < 4.78 is 0. The Morgan fingerprint density at radius 1 is 1.25 bits per heavy atom. The van der Waals surface area contributed by atoms with Crippen molar-refractivity contribution in [3.8, 4) is 6.07 Å². The molecule has 4 nitrogen and oxygen atoms in total. The number of nitrogens with one attached hydrogen (secondary N) is 1. The molecule has 0 radical (unpaired) electrons. The average Bonchev–Trinajstić information content (AvgIpc) is 2.77. The van der Waals surface area contributed by atoms with Crippen molar-refractivity contribution in [1.29, 1.82) is 5.26 Å². The van der Waals surface area contributed by atoms with Gasteiger partial charge in [0.1, 0.15) is 6.04 Å². The van der Waals surface area contributed by atoms with Crippen LogP contribution in [0.2, 0.25) is 0 Å². The molecule has 2 aromatic carbocycles. The van der Waals surface area contributed by atoms with Crippen molar-refractivity contribution in [1.82, 2.24) is 0 Å². The zero-order valence-corrected chi connectivity index (χ0v) is 13.8. The number of anilines is 1. The molecule has 1 aliphatic rings. The molecule has 1 aliphatic heterocycles. The largest absolute Gasteiger partial charge is 0.324 e. The molecule has 0 spiro atoms. The Kier molecular flexibility index (Phi) is 4.43. The summed E-state index contributed by atoms with van der Waals surface area (Å²) in [6.07, 6.45) is 0.865. The minimum atomic E-state index is -0.442. The zero-order chi connectivity index (χ0) is 17.1. The summed E-state index contributed by atoms with van der Waals surface area (Å²) >= 11 is 0. The number of hydrogen-bond donors (Lipinski definition) is 1. The van der Waals surface area contributed by atoms with Crippen LogP contribution in [-0.2, 0) is 4.79 Å². The molecule has 1 heterocycles. The van der Waals surface area contributed by atoms with Gasteiger partial charge < -0.3 is 5.32 Å². The van der Waals surface area contributed by atoms with Crippen LogP contribution in [-0.4, -0.2) is 17.7 Å². The number of nitriles is 1. The summed E-state index contributed by atoms with van der Waals surface area (Å²) in [5, 5.41) is 12.2. The second-order valence-electron chi connectivity index (χ2n) is 6.04. The number of hydrogen-bond acceptors (Lipinski definition) is 3. The standard InChI is InChI=1S/C20H19N3O/c1-3-13(2)18-20(24)22-17-10-9-14(12-21)11-16(17)19(23-18)15-7-5-4-6-8-15/h4-11,13,18H,3H2,1-2H3,(H,22,24). The molecule has 3 rings (SSSR count). The van der Waals surface area contributed by atoms with Crippen LogP contribution >= 0.6 is 0 Å². The lowest BCUT2D eigenvalue weighted by molar-refractivity contribution is -0.118. The van der Waals surface area contributed by atoms with Crippen LogP contribution in [0.4, 0.5) is 5.69 Å². The van der Waals surface area contributed by atoms with Gasteiger partial charge in [-0.25, -0.2) is 0 Å². The van der Waals surface area contributed by atoms with E-state index in [0.717, 1.165) is 23.3 Å². The molecular formula is C20H19N3O. The zero-order valence-electron chi connectivity index (χ0n) is 13.8. The Hall–Kier alpha value is -2.93. The second kappa shape index (κ2) is 6.67. The molecule has 2 unspecified atom stereocenters. The Labute approximate surface area is 141 Å². The molecule has 2 aromatic rings. The number of fused-ring (bicyclic) bond motifs is 1. The first-order valence-electron chi connectivity index (χ1n) is 8.12. The van der Waals surface area contributed by atoms with E-state index in [-0.39, 0.29) is 11.8 Å². The molecule has 0 aromatic heterocycles. The number of amides is 1. The molecule has 1 amide bonds. The van der Waals surface area contributed by atoms with Crippen molar-refractivity contribution >= 4 is 17.3 Å². The number of benzodiazepines with no additional fused rings is 1. The van der Waals surface area contributed by atoms with Crippen molar-refractivity contribution in [2.24, 2.45) is 10.9 Å². The third kappa shape index (κ3) is 2.93. The van der Waals surface area contributed by atoms with Gasteiger partial charge in [-0.15, -0.1) is 0 Å². The third-order valence-corrected chi connectivity index (χ3v) is 4.43. The van der Waals surface area contributed by atoms with Crippen molar-refractivity contribution < 1.29 is 4.79 Å². The fraction of sp³-hybridized carbons (Fsp3) is 0.250. The molecule has 0 fully saturated rings. The van der Waals surface area contributed by atoms with Crippen LogP contribution < -0.4 is 5.32 Å². The summed E-state index contributed by atoms with van der Waals surface area (Å²) in [7, 11) is 0. The summed E-state index contributed by atoms with van der Waals surface area (Å²) in [5.74, 6) is 0.0368. The Balaban J connectivity index is 2.23. The van der Waals surface area contributed by atoms with E-state index in [4.69, 9.17) is 4.99 Å². The molecular weight excluding hydrogens is 298 g/mol. The first-order valence-corrected chi connectivity index (χ1v) is 8.12. The highest BCUT2D eigenvalue weighted by Gasteiger charge is 2.29. The van der Waals surface area contributed by atoms with Crippen LogP contribution in [0.25, 0.3) is 0 Å². The van der Waals surface area contributed by atoms with E-state index in [1.807, 2.05) is 37.3 Å². The van der Waals surface area contributed by atoms with Gasteiger partial charge in [-0.1, -0.05) is 50.6 Å². The number of aliphatic imine (C=N–C) groups is 1. The van der Waals surface area contributed by atoms with E-state index in [1.54, 1.807) is 18.2 Å². The maximum absolute atomic E-state index is 12.6. The quantitative estimate of drug-likeness (QED) is 0.936. The molecule has 0 saturated heterocycles. The van der Waals surface area contributed by atoms with Gasteiger partial charge >= 0.3 is 0 Å². The summed E-state index contributed by atoms with van der Waals surface area (Å²) in [4.78, 5) is 17.4. The molecule has 120 valence electrons. The van der Waals surface area contributed by atoms with E-state index in [1.165, 1.54) is 0 Å². The van der Waals surface area contributed by atoms with E-state index in [0.29, 0.717) is 11.3 Å². The lowest BCUT2D eigenvalue weighted by Gasteiger charge is -2.17. The number of carbonyl (C=O) groups is 1. The van der Waals surface area contributed by atoms with Gasteiger partial charge in [0.15, 0.2) is 0 Å². The van der Waals surface area contributed by atoms with Crippen molar-refractivity contribution in [3.05, 3.63) is 65.2 Å². The minimum Gasteiger partial charge on any atom is -0.324 e. The SMILES string of the molecule is CCC(C)C1N=C(c2ccccc2)c2cc(C#N)ccc2NC1=O. The van der Waals surface area contributed by atoms with Crippen LogP contribution in [0, 0.1) is 17.2 Å². The summed E-state index contributed by atoms with van der Waals surface area (Å²) in [5.41, 5.74) is 3.74. The third-order valence-electron chi connectivity index (χ3n) is 4.43. The summed E-state index contributed by atoms with van der Waals surface area (Å²) in [6.45, 7) is 4.09. The van der Waals surface area contributed by atoms with Crippen LogP contribution in [0.15, 0.2) is 53.5 Å². The van der Waals surface area contributed by atoms with Gasteiger partial charge in [-0.3, -0.25) is 9.79 Å². The molecule has 4 heteroatoms. The van der Waals surface area contributed by atoms with Crippen molar-refractivity contribution in [3.63, 3.8) is 0 Å². The number of nitrogens with zero attached hydrogens (tertiary/aromatic N) is 2. The van der Waals surface area contributed by atoms with Gasteiger partial charge in [-0.2, -0.15) is 5.26 Å². The second-order valence-corrected chi connectivity index (χ2v) is 6.04. The van der Waals surface area contributed by atoms with Gasteiger partial charge in [0, 0.05) is 11.1 Å². The van der Waals surface area contributed by atoms with Crippen LogP contribution in [0.3, 0.4) is 0 Å². The fourth-order valence-electron chi connectivity index (χ4n) is 2.83. The molecule has 24 heavy (non-hydrogen) atoms. The van der Waals surface area contributed by atoms with Crippen LogP contribution in [0.5, 0.6) is 0 Å². The number of benzene rings is 2. The summed E-state index contributed by atoms with van der Waals surface area (Å²) in [6, 6.07) is 16.8. The highest BCUT2D eigenvalue weighted by atomic mass is 16.2. The van der Waals surface area contributed by atoms with E-state index < -0.39 is 6.04 Å². The predicted molar refractivity (Wildman–Crippen MR) is 95.1 cm³/mol. The number of rotatable bonds is 3. The molecule has 0 bridgehead atoms. The Morgan fingerprint density at radius 2 is 2.00 bits per heavy atom. The number of carbonyl (C=O) groups excluding carboxylic acids is 1. The lowest BCUT2D eigenvalue weighted by Crippen LogP contribution is -2.31. The molecule has 0 aliphatic carbocycles. The molecule has 0 saturated carbocycles. The average molecular weight is 317 g/mol. The van der Waals surface area contributed by atoms with E-state index >= 15 is 0 Å². The fourth-order valence-corrected chi connectivity index (χ4v) is 2.83. The molecule has 1 N–H and O–H groups in total. The maximum atomic E-state index is 12.6.